The first-order valence-electron chi connectivity index (χ1n) is 0. The van der Waals surface area contributed by atoms with Crippen LogP contribution in [0.15, 0.2) is 0 Å². The average Bonchev–Trinajstić information content (AvgIpc) is 0. The molecule has 0 aromatic carbocycles. The molecule has 0 rings (SSSR count). The molecule has 0 saturated carbocycles. The molecule has 17 heavy (non-hydrogen) atoms. The van der Waals surface area contributed by atoms with Crippen LogP contribution < -0.4 is 0 Å². The molecular formula is Dy2O12W3-18. The van der Waals surface area contributed by atoms with Crippen molar-refractivity contribution >= 4 is 0 Å². The summed E-state index contributed by atoms with van der Waals surface area (Å²) in [5.74, 6) is 0. The summed E-state index contributed by atoms with van der Waals surface area (Å²) in [5, 5.41) is 0. The van der Waals surface area contributed by atoms with Gasteiger partial charge in [-0.15, -0.1) is 0 Å². The van der Waals surface area contributed by atoms with E-state index in [1.165, 1.54) is 0 Å². The molecule has 0 aliphatic carbocycles. The van der Waals surface area contributed by atoms with Crippen molar-refractivity contribution in [1.82, 2.24) is 0 Å². The van der Waals surface area contributed by atoms with Crippen molar-refractivity contribution in [3.63, 3.8) is 0 Å². The van der Waals surface area contributed by atoms with Crippen molar-refractivity contribution < 1.29 is 205 Å². The summed E-state index contributed by atoms with van der Waals surface area (Å²) in [5.41, 5.74) is 0. The van der Waals surface area contributed by atoms with Gasteiger partial charge < -0.3 is 65.7 Å². The maximum atomic E-state index is 0. The second-order valence-electron chi connectivity index (χ2n) is 0. The average molecular weight is 1070 g/mol. The van der Waals surface area contributed by atoms with Crippen LogP contribution >= 0.6 is 0 Å². The Labute approximate surface area is 201 Å². The van der Waals surface area contributed by atoms with E-state index in [-0.39, 0.29) is 205 Å². The topological polar surface area (TPSA) is 342 Å². The molecule has 0 saturated heterocycles. The van der Waals surface area contributed by atoms with Gasteiger partial charge in [-0.2, -0.15) is 0 Å². The summed E-state index contributed by atoms with van der Waals surface area (Å²) in [4.78, 5) is 0. The van der Waals surface area contributed by atoms with Gasteiger partial charge in [-0.3, -0.25) is 0 Å². The van der Waals surface area contributed by atoms with E-state index in [4.69, 9.17) is 0 Å². The first-order chi connectivity index (χ1) is 0. The van der Waals surface area contributed by atoms with Crippen molar-refractivity contribution in [3.8, 4) is 0 Å². The molecule has 0 heterocycles. The fourth-order valence-corrected chi connectivity index (χ4v) is 0. The Bertz CT molecular complexity index is 19.7. The summed E-state index contributed by atoms with van der Waals surface area (Å²) in [6.07, 6.45) is 0. The summed E-state index contributed by atoms with van der Waals surface area (Å²) in [7, 11) is 0. The van der Waals surface area contributed by atoms with E-state index in [9.17, 15) is 0 Å². The minimum absolute atomic E-state index is 0. The standard InChI is InChI=1S/2Dy.12O.3W/q2*+3;12*-2;;;. The normalized spacial score (nSPS) is 0. The summed E-state index contributed by atoms with van der Waals surface area (Å²) in [6, 6.07) is 0. The minimum Gasteiger partial charge on any atom is -2.00 e. The molecule has 0 N–H and O–H groups in total. The smallest absolute Gasteiger partial charge is 2.00 e. The zero-order valence-electron chi connectivity index (χ0n) is 6.76. The quantitative estimate of drug-likeness (QED) is 0.269. The Kier molecular flexibility index (Phi) is 12700. The van der Waals surface area contributed by atoms with Crippen molar-refractivity contribution in [1.29, 1.82) is 0 Å². The molecule has 128 valence electrons. The van der Waals surface area contributed by atoms with Gasteiger partial charge in [-0.25, -0.2) is 0 Å². The van der Waals surface area contributed by atoms with Crippen LogP contribution in [0.5, 0.6) is 0 Å². The Morgan fingerprint density at radius 1 is 0.176 bits per heavy atom. The molecule has 0 aliphatic rings. The molecule has 0 unspecified atom stereocenters. The molecule has 0 aromatic heterocycles. The fourth-order valence-electron chi connectivity index (χ4n) is 0. The van der Waals surface area contributed by atoms with E-state index >= 15 is 0 Å². The van der Waals surface area contributed by atoms with Gasteiger partial charge in [0, 0.05) is 63.2 Å². The predicted octanol–water partition coefficient (Wildman–Crippen LogP) is -1.43. The SMILES string of the molecule is [Dy+3].[Dy+3].[O-2].[O-2].[O-2].[O-2].[O-2].[O-2].[O-2].[O-2].[O-2].[O-2].[O-2].[O-2].[W].[W].[W]. The maximum absolute atomic E-state index is 0. The summed E-state index contributed by atoms with van der Waals surface area (Å²) < 4.78 is 0. The third kappa shape index (κ3) is 388. The van der Waals surface area contributed by atoms with Crippen LogP contribution in [0.2, 0.25) is 0 Å². The Hall–Kier alpha value is 4.13. The molecule has 0 aromatic rings. The van der Waals surface area contributed by atoms with Crippen molar-refractivity contribution in [3.05, 3.63) is 0 Å². The van der Waals surface area contributed by atoms with E-state index in [2.05, 4.69) is 0 Å². The zero-order valence-corrected chi connectivity index (χ0v) is 19.6. The van der Waals surface area contributed by atoms with Crippen LogP contribution in [0.25, 0.3) is 0 Å². The zero-order chi connectivity index (χ0) is 0. The van der Waals surface area contributed by atoms with E-state index in [1.807, 2.05) is 0 Å². The van der Waals surface area contributed by atoms with E-state index in [0.29, 0.717) is 0 Å². The van der Waals surface area contributed by atoms with Gasteiger partial charge in [-0.1, -0.05) is 0 Å². The maximum Gasteiger partial charge on any atom is 3.00 e. The second kappa shape index (κ2) is 432. The van der Waals surface area contributed by atoms with Crippen LogP contribution in [0.4, 0.5) is 0 Å². The summed E-state index contributed by atoms with van der Waals surface area (Å²) >= 11 is 0. The third-order valence-corrected chi connectivity index (χ3v) is 0. The Morgan fingerprint density at radius 3 is 0.176 bits per heavy atom. The predicted molar refractivity (Wildman–Crippen MR) is 8.24 cm³/mol. The van der Waals surface area contributed by atoms with Crippen molar-refractivity contribution in [2.75, 3.05) is 0 Å². The van der Waals surface area contributed by atoms with Gasteiger partial charge in [0.2, 0.25) is 0 Å². The third-order valence-electron chi connectivity index (χ3n) is 0. The van der Waals surface area contributed by atoms with Crippen molar-refractivity contribution in [2.45, 2.75) is 0 Å². The van der Waals surface area contributed by atoms with Gasteiger partial charge in [0.05, 0.1) is 0 Å². The fraction of sp³-hybridized carbons (Fsp3) is 0. The molecule has 0 atom stereocenters. The first-order valence-corrected chi connectivity index (χ1v) is 0. The van der Waals surface area contributed by atoms with Gasteiger partial charge in [0.15, 0.2) is 0 Å². The first kappa shape index (κ1) is 502. The van der Waals surface area contributed by atoms with Crippen LogP contribution in [0, 0.1) is 76.3 Å². The van der Waals surface area contributed by atoms with Crippen LogP contribution in [0.3, 0.4) is 0 Å². The molecule has 0 aliphatic heterocycles. The van der Waals surface area contributed by atoms with Crippen LogP contribution in [-0.2, 0) is 129 Å². The summed E-state index contributed by atoms with van der Waals surface area (Å²) in [6.45, 7) is 0. The minimum atomic E-state index is 0. The number of hydrogen-bond acceptors (Lipinski definition) is 0. The van der Waals surface area contributed by atoms with Gasteiger partial charge in [0.25, 0.3) is 0 Å². The molecule has 2 radical (unpaired) electrons. The number of rotatable bonds is 0. The van der Waals surface area contributed by atoms with Gasteiger partial charge in [0.1, 0.15) is 0 Å². The number of hydrogen-bond donors (Lipinski definition) is 0. The van der Waals surface area contributed by atoms with Gasteiger partial charge >= 0.3 is 76.3 Å². The van der Waals surface area contributed by atoms with Crippen LogP contribution in [0.1, 0.15) is 0 Å². The van der Waals surface area contributed by atoms with Crippen molar-refractivity contribution in [2.24, 2.45) is 0 Å². The van der Waals surface area contributed by atoms with E-state index < -0.39 is 0 Å². The monoisotopic (exact) mass is 1070 g/mol. The van der Waals surface area contributed by atoms with Crippen LogP contribution in [-0.4, -0.2) is 0 Å². The molecule has 12 nitrogen and oxygen atoms in total. The van der Waals surface area contributed by atoms with Gasteiger partial charge in [-0.05, 0) is 0 Å². The second-order valence-corrected chi connectivity index (χ2v) is 0. The molecule has 0 fully saturated rings. The Morgan fingerprint density at radius 2 is 0.176 bits per heavy atom. The molecular weight excluding hydrogens is 1070 g/mol. The molecule has 0 bridgehead atoms. The Balaban J connectivity index is 0. The molecule has 17 heteroatoms. The molecule has 0 spiro atoms. The van der Waals surface area contributed by atoms with E-state index in [0.717, 1.165) is 0 Å². The largest absolute Gasteiger partial charge is 3.00 e. The molecule has 0 amide bonds. The van der Waals surface area contributed by atoms with E-state index in [1.54, 1.807) is 0 Å².